The van der Waals surface area contributed by atoms with Gasteiger partial charge in [-0.05, 0) is 0 Å². The molecule has 0 amide bonds. The first-order chi connectivity index (χ1) is 6.49. The van der Waals surface area contributed by atoms with Crippen LogP contribution >= 0.6 is 0 Å². The fourth-order valence-corrected chi connectivity index (χ4v) is 1.26. The van der Waals surface area contributed by atoms with Crippen LogP contribution in [0.4, 0.5) is 0 Å². The van der Waals surface area contributed by atoms with Crippen molar-refractivity contribution in [3.8, 4) is 0 Å². The monoisotopic (exact) mass is 197 g/mol. The van der Waals surface area contributed by atoms with Crippen LogP contribution in [-0.4, -0.2) is 83.4 Å². The normalized spacial score (nSPS) is 11.7. The summed E-state index contributed by atoms with van der Waals surface area (Å²) < 4.78 is 0. The van der Waals surface area contributed by atoms with E-state index in [1.54, 1.807) is 7.05 Å². The Morgan fingerprint density at radius 1 is 1.14 bits per heavy atom. The molecule has 14 heavy (non-hydrogen) atoms. The van der Waals surface area contributed by atoms with E-state index in [2.05, 4.69) is 24.8 Å². The molecule has 0 atom stereocenters. The zero-order valence-electron chi connectivity index (χ0n) is 10.2. The number of hydrazine groups is 2. The van der Waals surface area contributed by atoms with Crippen LogP contribution in [0, 0.1) is 0 Å². The Morgan fingerprint density at radius 2 is 1.71 bits per heavy atom. The molecule has 80 valence electrons. The summed E-state index contributed by atoms with van der Waals surface area (Å²) in [6, 6.07) is 0. The molecule has 7 heteroatoms. The Hall–Kier alpha value is -0.390. The number of nitrogens with zero attached hydrogens (tertiary/aromatic N) is 5. The van der Waals surface area contributed by atoms with Crippen LogP contribution in [0.5, 0.6) is 0 Å². The molecule has 0 aliphatic rings. The third-order valence-electron chi connectivity index (χ3n) is 1.89. The molecular formula is C7H21B2N5. The van der Waals surface area contributed by atoms with Crippen LogP contribution in [0.2, 0.25) is 0 Å². The molecule has 0 aromatic rings. The van der Waals surface area contributed by atoms with Gasteiger partial charge in [0.15, 0.2) is 0 Å². The van der Waals surface area contributed by atoms with E-state index in [1.807, 2.05) is 43.4 Å². The zero-order chi connectivity index (χ0) is 11.1. The van der Waals surface area contributed by atoms with Crippen molar-refractivity contribution in [3.05, 3.63) is 0 Å². The maximum atomic E-state index is 3.96. The second-order valence-corrected chi connectivity index (χ2v) is 3.64. The molecule has 0 unspecified atom stereocenters. The Kier molecular flexibility index (Phi) is 6.78. The van der Waals surface area contributed by atoms with Crippen molar-refractivity contribution in [1.82, 2.24) is 19.9 Å². The van der Waals surface area contributed by atoms with Gasteiger partial charge in [-0.3, -0.25) is 0 Å². The molecule has 0 aromatic carbocycles. The zero-order valence-corrected chi connectivity index (χ0v) is 10.2. The van der Waals surface area contributed by atoms with Gasteiger partial charge in [0, 0.05) is 0 Å². The molecule has 0 aromatic heterocycles. The number of hydrogen-bond donors (Lipinski definition) is 0. The van der Waals surface area contributed by atoms with Crippen molar-refractivity contribution in [3.63, 3.8) is 0 Å². The molecule has 5 nitrogen and oxygen atoms in total. The molecule has 0 aliphatic carbocycles. The molecule has 0 bridgehead atoms. The standard InChI is InChI=1S/C7H21B2N5/c1-10-9-12(4)6-7-14(11(2)3)13(5)8/h6-8H2,1-5H3. The van der Waals surface area contributed by atoms with Crippen molar-refractivity contribution >= 4 is 15.2 Å². The summed E-state index contributed by atoms with van der Waals surface area (Å²) in [5.74, 6) is 0. The van der Waals surface area contributed by atoms with E-state index < -0.39 is 0 Å². The average Bonchev–Trinajstić information content (AvgIpc) is 2.03. The molecule has 0 heterocycles. The maximum absolute atomic E-state index is 3.96. The molecule has 0 fully saturated rings. The molecule has 0 N–H and O–H groups in total. The summed E-state index contributed by atoms with van der Waals surface area (Å²) in [6.45, 7) is 1.90. The SMILES string of the molecule is BN(C)N(CCN(C)/B=N/C)N(C)C. The van der Waals surface area contributed by atoms with Gasteiger partial charge >= 0.3 is 88.3 Å². The van der Waals surface area contributed by atoms with E-state index in [1.165, 1.54) is 0 Å². The van der Waals surface area contributed by atoms with Crippen LogP contribution in [0.1, 0.15) is 0 Å². The van der Waals surface area contributed by atoms with Gasteiger partial charge in [0.25, 0.3) is 0 Å². The van der Waals surface area contributed by atoms with Crippen LogP contribution in [-0.2, 0) is 0 Å². The van der Waals surface area contributed by atoms with Crippen LogP contribution in [0.3, 0.4) is 0 Å². The Morgan fingerprint density at radius 3 is 2.07 bits per heavy atom. The summed E-state index contributed by atoms with van der Waals surface area (Å²) in [4.78, 5) is 8.09. The van der Waals surface area contributed by atoms with Gasteiger partial charge in [-0.2, -0.15) is 0 Å². The summed E-state index contributed by atoms with van der Waals surface area (Å²) in [5.41, 5.74) is 0. The molecule has 0 spiro atoms. The number of likely N-dealkylation sites (N-methyl/N-ethyl adjacent to an activating group) is 1. The molecule has 0 rings (SSSR count). The summed E-state index contributed by atoms with van der Waals surface area (Å²) in [5, 5.41) is 4.22. The van der Waals surface area contributed by atoms with Crippen LogP contribution in [0.15, 0.2) is 4.90 Å². The molecule has 0 radical (unpaired) electrons. The third kappa shape index (κ3) is 5.36. The Bertz CT molecular complexity index is 165. The van der Waals surface area contributed by atoms with Crippen molar-refractivity contribution in [2.24, 2.45) is 4.90 Å². The molecular weight excluding hydrogens is 176 g/mol. The van der Waals surface area contributed by atoms with E-state index in [0.29, 0.717) is 0 Å². The molecule has 0 aliphatic heterocycles. The summed E-state index contributed by atoms with van der Waals surface area (Å²) in [7, 11) is 13.8. The third-order valence-corrected chi connectivity index (χ3v) is 1.89. The van der Waals surface area contributed by atoms with E-state index in [-0.39, 0.29) is 0 Å². The van der Waals surface area contributed by atoms with Crippen molar-refractivity contribution in [2.75, 3.05) is 48.3 Å². The first-order valence-corrected chi connectivity index (χ1v) is 4.73. The van der Waals surface area contributed by atoms with E-state index in [9.17, 15) is 0 Å². The van der Waals surface area contributed by atoms with Gasteiger partial charge in [0.05, 0.1) is 0 Å². The molecule has 0 saturated heterocycles. The van der Waals surface area contributed by atoms with Crippen LogP contribution < -0.4 is 0 Å². The van der Waals surface area contributed by atoms with E-state index >= 15 is 0 Å². The van der Waals surface area contributed by atoms with Gasteiger partial charge in [0.1, 0.15) is 0 Å². The van der Waals surface area contributed by atoms with E-state index in [4.69, 9.17) is 0 Å². The Labute approximate surface area is 89.0 Å². The predicted molar refractivity (Wildman–Crippen MR) is 63.4 cm³/mol. The fraction of sp³-hybridized carbons (Fsp3) is 1.00. The first kappa shape index (κ1) is 13.6. The minimum atomic E-state index is 0.947. The summed E-state index contributed by atoms with van der Waals surface area (Å²) in [6.07, 6.45) is 0. The van der Waals surface area contributed by atoms with Crippen molar-refractivity contribution in [2.45, 2.75) is 0 Å². The van der Waals surface area contributed by atoms with Gasteiger partial charge in [-0.25, -0.2) is 0 Å². The number of rotatable bonds is 6. The van der Waals surface area contributed by atoms with Gasteiger partial charge in [0.2, 0.25) is 0 Å². The second-order valence-electron chi connectivity index (χ2n) is 3.64. The average molecular weight is 197 g/mol. The van der Waals surface area contributed by atoms with Crippen molar-refractivity contribution in [1.29, 1.82) is 0 Å². The second kappa shape index (κ2) is 6.98. The topological polar surface area (TPSA) is 25.3 Å². The minimum absolute atomic E-state index is 0.947. The summed E-state index contributed by atoms with van der Waals surface area (Å²) >= 11 is 0. The van der Waals surface area contributed by atoms with Gasteiger partial charge < -0.3 is 0 Å². The van der Waals surface area contributed by atoms with Crippen LogP contribution in [0.25, 0.3) is 0 Å². The van der Waals surface area contributed by atoms with Gasteiger partial charge in [-0.15, -0.1) is 0 Å². The quantitative estimate of drug-likeness (QED) is 0.383. The molecule has 0 saturated carbocycles. The predicted octanol–water partition coefficient (Wildman–Crippen LogP) is -1.48. The van der Waals surface area contributed by atoms with E-state index in [0.717, 1.165) is 13.1 Å². The first-order valence-electron chi connectivity index (χ1n) is 4.73. The Balaban J connectivity index is 3.94. The number of hydrogen-bond acceptors (Lipinski definition) is 4. The van der Waals surface area contributed by atoms with Crippen molar-refractivity contribution < 1.29 is 0 Å². The van der Waals surface area contributed by atoms with Gasteiger partial charge in [-0.1, -0.05) is 0 Å². The fourth-order valence-electron chi connectivity index (χ4n) is 1.26.